The van der Waals surface area contributed by atoms with E-state index in [-0.39, 0.29) is 17.6 Å². The van der Waals surface area contributed by atoms with Gasteiger partial charge in [0, 0.05) is 18.8 Å². The number of pyridine rings is 1. The zero-order chi connectivity index (χ0) is 23.1. The van der Waals surface area contributed by atoms with Crippen LogP contribution in [0.25, 0.3) is 0 Å². The van der Waals surface area contributed by atoms with Crippen LogP contribution in [0.1, 0.15) is 39.1 Å². The number of piperazine rings is 1. The van der Waals surface area contributed by atoms with Crippen LogP contribution in [0.3, 0.4) is 0 Å². The van der Waals surface area contributed by atoms with Crippen LogP contribution in [0.4, 0.5) is 0 Å². The van der Waals surface area contributed by atoms with Crippen molar-refractivity contribution in [2.45, 2.75) is 33.7 Å². The highest BCUT2D eigenvalue weighted by atomic mass is 15.3. The third-order valence-electron chi connectivity index (χ3n) is 5.47. The standard InChI is InChI=1S/C25H30N6/c1-7-9-17(2)18(3)12-13-19(4)20(5)30-14-15-31(24(27)21(30)6)25(28)23-11-8-10-22(16-26)29-23/h7-13,21,27-28H,1,5,14-15H2,2-4,6H3. The summed E-state index contributed by atoms with van der Waals surface area (Å²) in [5.74, 6) is 0.445. The third kappa shape index (κ3) is 5.46. The van der Waals surface area contributed by atoms with Crippen molar-refractivity contribution in [1.29, 1.82) is 16.1 Å². The molecule has 2 heterocycles. The number of rotatable bonds is 6. The molecule has 0 aromatic carbocycles. The Morgan fingerprint density at radius 3 is 2.45 bits per heavy atom. The Labute approximate surface area is 185 Å². The molecule has 0 aliphatic carbocycles. The van der Waals surface area contributed by atoms with Crippen LogP contribution in [-0.4, -0.2) is 45.6 Å². The van der Waals surface area contributed by atoms with Crippen LogP contribution in [0.15, 0.2) is 78.1 Å². The molecule has 0 spiro atoms. The van der Waals surface area contributed by atoms with Gasteiger partial charge in [-0.1, -0.05) is 43.5 Å². The second kappa shape index (κ2) is 10.4. The Bertz CT molecular complexity index is 1030. The molecule has 0 saturated carbocycles. The van der Waals surface area contributed by atoms with E-state index in [1.807, 2.05) is 39.0 Å². The number of aromatic nitrogens is 1. The summed E-state index contributed by atoms with van der Waals surface area (Å²) >= 11 is 0. The fourth-order valence-corrected chi connectivity index (χ4v) is 3.28. The Balaban J connectivity index is 2.15. The summed E-state index contributed by atoms with van der Waals surface area (Å²) in [7, 11) is 0. The molecule has 2 rings (SSSR count). The monoisotopic (exact) mass is 414 g/mol. The van der Waals surface area contributed by atoms with Crippen molar-refractivity contribution in [1.82, 2.24) is 14.8 Å². The maximum atomic E-state index is 9.06. The van der Waals surface area contributed by atoms with E-state index in [4.69, 9.17) is 16.1 Å². The minimum absolute atomic E-state index is 0.134. The first-order valence-electron chi connectivity index (χ1n) is 10.1. The van der Waals surface area contributed by atoms with Gasteiger partial charge < -0.3 is 9.80 Å². The molecule has 31 heavy (non-hydrogen) atoms. The van der Waals surface area contributed by atoms with E-state index in [1.165, 1.54) is 0 Å². The molecular weight excluding hydrogens is 384 g/mol. The normalized spacial score (nSPS) is 18.0. The van der Waals surface area contributed by atoms with E-state index < -0.39 is 0 Å². The second-order valence-corrected chi connectivity index (χ2v) is 7.51. The second-order valence-electron chi connectivity index (χ2n) is 7.51. The van der Waals surface area contributed by atoms with Crippen molar-refractivity contribution >= 4 is 11.7 Å². The average molecular weight is 415 g/mol. The van der Waals surface area contributed by atoms with Crippen molar-refractivity contribution in [2.24, 2.45) is 0 Å². The van der Waals surface area contributed by atoms with Crippen LogP contribution < -0.4 is 0 Å². The number of amidine groups is 2. The number of nitriles is 1. The zero-order valence-electron chi connectivity index (χ0n) is 18.7. The Morgan fingerprint density at radius 1 is 1.16 bits per heavy atom. The predicted octanol–water partition coefficient (Wildman–Crippen LogP) is 4.80. The molecule has 6 nitrogen and oxygen atoms in total. The highest BCUT2D eigenvalue weighted by molar-refractivity contribution is 6.07. The minimum Gasteiger partial charge on any atom is -0.360 e. The van der Waals surface area contributed by atoms with E-state index >= 15 is 0 Å². The Kier molecular flexibility index (Phi) is 7.87. The Hall–Kier alpha value is -3.72. The summed E-state index contributed by atoms with van der Waals surface area (Å²) in [6, 6.07) is 6.75. The summed E-state index contributed by atoms with van der Waals surface area (Å²) < 4.78 is 0. The van der Waals surface area contributed by atoms with Gasteiger partial charge in [-0.25, -0.2) is 4.98 Å². The first-order chi connectivity index (χ1) is 14.7. The summed E-state index contributed by atoms with van der Waals surface area (Å²) in [5, 5.41) is 26.2. The molecule has 2 N–H and O–H groups in total. The van der Waals surface area contributed by atoms with Gasteiger partial charge in [0.1, 0.15) is 23.3 Å². The quantitative estimate of drug-likeness (QED) is 0.397. The lowest BCUT2D eigenvalue weighted by Gasteiger charge is -2.43. The molecule has 1 aromatic heterocycles. The fourth-order valence-electron chi connectivity index (χ4n) is 3.28. The van der Waals surface area contributed by atoms with Crippen LogP contribution in [0.5, 0.6) is 0 Å². The summed E-state index contributed by atoms with van der Waals surface area (Å²) in [5.41, 5.74) is 4.85. The van der Waals surface area contributed by atoms with Crippen LogP contribution in [0, 0.1) is 22.1 Å². The molecule has 0 bridgehead atoms. The number of nitrogens with zero attached hydrogens (tertiary/aromatic N) is 4. The molecule has 1 aliphatic heterocycles. The molecule has 0 amide bonds. The van der Waals surface area contributed by atoms with Crippen molar-refractivity contribution < 1.29 is 0 Å². The van der Waals surface area contributed by atoms with Gasteiger partial charge in [-0.3, -0.25) is 10.8 Å². The summed E-state index contributed by atoms with van der Waals surface area (Å²) in [4.78, 5) is 7.93. The molecular formula is C25H30N6. The van der Waals surface area contributed by atoms with Crippen molar-refractivity contribution in [2.75, 3.05) is 13.1 Å². The van der Waals surface area contributed by atoms with E-state index in [2.05, 4.69) is 36.0 Å². The van der Waals surface area contributed by atoms with Gasteiger partial charge >= 0.3 is 0 Å². The zero-order valence-corrected chi connectivity index (χ0v) is 18.7. The molecule has 1 saturated heterocycles. The Morgan fingerprint density at radius 2 is 1.81 bits per heavy atom. The smallest absolute Gasteiger partial charge is 0.152 e. The lowest BCUT2D eigenvalue weighted by Crippen LogP contribution is -2.56. The predicted molar refractivity (Wildman–Crippen MR) is 127 cm³/mol. The third-order valence-corrected chi connectivity index (χ3v) is 5.47. The van der Waals surface area contributed by atoms with Crippen LogP contribution in [-0.2, 0) is 0 Å². The summed E-state index contributed by atoms with van der Waals surface area (Å²) in [6.07, 6.45) is 7.85. The van der Waals surface area contributed by atoms with Gasteiger partial charge in [-0.2, -0.15) is 5.26 Å². The number of hydrogen-bond donors (Lipinski definition) is 2. The molecule has 1 unspecified atom stereocenters. The topological polar surface area (TPSA) is 90.9 Å². The molecule has 0 radical (unpaired) electrons. The van der Waals surface area contributed by atoms with Crippen LogP contribution >= 0.6 is 0 Å². The average Bonchev–Trinajstić information content (AvgIpc) is 2.78. The largest absolute Gasteiger partial charge is 0.360 e. The molecule has 160 valence electrons. The molecule has 1 aromatic rings. The first-order valence-corrected chi connectivity index (χ1v) is 10.1. The maximum Gasteiger partial charge on any atom is 0.152 e. The van der Waals surface area contributed by atoms with E-state index in [0.717, 1.165) is 22.4 Å². The molecule has 1 aliphatic rings. The lowest BCUT2D eigenvalue weighted by atomic mass is 10.1. The fraction of sp³-hybridized carbons (Fsp3) is 0.280. The number of hydrogen-bond acceptors (Lipinski definition) is 5. The van der Waals surface area contributed by atoms with Crippen molar-refractivity contribution in [3.63, 3.8) is 0 Å². The van der Waals surface area contributed by atoms with Gasteiger partial charge in [0.25, 0.3) is 0 Å². The van der Waals surface area contributed by atoms with Gasteiger partial charge in [-0.15, -0.1) is 0 Å². The van der Waals surface area contributed by atoms with E-state index in [1.54, 1.807) is 29.2 Å². The van der Waals surface area contributed by atoms with Gasteiger partial charge in [0.05, 0.1) is 6.04 Å². The highest BCUT2D eigenvalue weighted by Gasteiger charge is 2.32. The molecule has 1 fully saturated rings. The highest BCUT2D eigenvalue weighted by Crippen LogP contribution is 2.23. The molecule has 1 atom stereocenters. The SMILES string of the molecule is C=CC=C(C)C(C)=CC=C(C)C(=C)N1CCN(C(=N)c2cccc(C#N)n2)C(=N)C1C. The minimum atomic E-state index is -0.239. The number of allylic oxidation sites excluding steroid dienone is 7. The number of nitrogens with one attached hydrogen (secondary N) is 2. The van der Waals surface area contributed by atoms with E-state index in [0.29, 0.717) is 24.6 Å². The van der Waals surface area contributed by atoms with Gasteiger partial charge in [0.15, 0.2) is 5.84 Å². The van der Waals surface area contributed by atoms with Crippen molar-refractivity contribution in [3.05, 3.63) is 89.5 Å². The molecule has 6 heteroatoms. The van der Waals surface area contributed by atoms with Gasteiger partial charge in [-0.05, 0) is 56.5 Å². The lowest BCUT2D eigenvalue weighted by molar-refractivity contribution is 0.264. The maximum absolute atomic E-state index is 9.06. The van der Waals surface area contributed by atoms with Crippen LogP contribution in [0.2, 0.25) is 0 Å². The summed E-state index contributed by atoms with van der Waals surface area (Å²) in [6.45, 7) is 17.1. The van der Waals surface area contributed by atoms with E-state index in [9.17, 15) is 0 Å². The van der Waals surface area contributed by atoms with Crippen molar-refractivity contribution in [3.8, 4) is 6.07 Å². The van der Waals surface area contributed by atoms with Gasteiger partial charge in [0.2, 0.25) is 0 Å². The first kappa shape index (κ1) is 23.6.